The molecule has 1 heterocycles. The molecule has 0 saturated carbocycles. The van der Waals surface area contributed by atoms with Gasteiger partial charge in [0.25, 0.3) is 11.6 Å². The first kappa shape index (κ1) is 16.8. The van der Waals surface area contributed by atoms with Crippen molar-refractivity contribution in [2.24, 2.45) is 0 Å². The van der Waals surface area contributed by atoms with E-state index in [0.717, 1.165) is 12.5 Å². The van der Waals surface area contributed by atoms with E-state index in [1.165, 1.54) is 5.32 Å². The first-order valence-electron chi connectivity index (χ1n) is 6.71. The molecule has 0 unspecified atom stereocenters. The number of imide groups is 1. The van der Waals surface area contributed by atoms with Crippen molar-refractivity contribution in [3.05, 3.63) is 35.9 Å². The van der Waals surface area contributed by atoms with Crippen LogP contribution in [0.15, 0.2) is 30.3 Å². The molecule has 0 aromatic heterocycles. The molecule has 2 N–H and O–H groups in total. The number of benzene rings is 1. The van der Waals surface area contributed by atoms with Gasteiger partial charge in [-0.1, -0.05) is 30.3 Å². The molecule has 124 valence electrons. The second-order valence-corrected chi connectivity index (χ2v) is 5.05. The van der Waals surface area contributed by atoms with Gasteiger partial charge in [0.15, 0.2) is 0 Å². The number of nitrogens with zero attached hydrogens (tertiary/aromatic N) is 1. The van der Waals surface area contributed by atoms with E-state index >= 15 is 0 Å². The topological polar surface area (TPSA) is 78.5 Å². The number of hydrogen-bond donors (Lipinski definition) is 2. The highest BCUT2D eigenvalue weighted by Crippen LogP contribution is 2.33. The van der Waals surface area contributed by atoms with Crippen LogP contribution >= 0.6 is 0 Å². The normalized spacial score (nSPS) is 21.3. The first-order valence-corrected chi connectivity index (χ1v) is 6.71. The van der Waals surface area contributed by atoms with Gasteiger partial charge in [0.1, 0.15) is 0 Å². The van der Waals surface area contributed by atoms with Crippen LogP contribution in [0.3, 0.4) is 0 Å². The fourth-order valence-corrected chi connectivity index (χ4v) is 2.28. The SMILES string of the molecule is CC(=O)N[C@]1(C(F)(F)F)NC(=O)N(CCc2ccccc2)C1=O. The number of rotatable bonds is 4. The number of hydrogen-bond acceptors (Lipinski definition) is 3. The Morgan fingerprint density at radius 1 is 1.26 bits per heavy atom. The zero-order valence-electron chi connectivity index (χ0n) is 12.1. The summed E-state index contributed by atoms with van der Waals surface area (Å²) in [6, 6.07) is 7.49. The maximum absolute atomic E-state index is 13.3. The van der Waals surface area contributed by atoms with Gasteiger partial charge in [-0.05, 0) is 12.0 Å². The first-order chi connectivity index (χ1) is 10.7. The Balaban J connectivity index is 2.22. The number of carbonyl (C=O) groups excluding carboxylic acids is 3. The third kappa shape index (κ3) is 3.13. The van der Waals surface area contributed by atoms with E-state index < -0.39 is 29.7 Å². The highest BCUT2D eigenvalue weighted by molar-refractivity contribution is 6.08. The molecule has 1 aromatic carbocycles. The van der Waals surface area contributed by atoms with Crippen molar-refractivity contribution in [2.75, 3.05) is 6.54 Å². The smallest absolute Gasteiger partial charge is 0.318 e. The summed E-state index contributed by atoms with van der Waals surface area (Å²) >= 11 is 0. The molecule has 1 atom stereocenters. The lowest BCUT2D eigenvalue weighted by atomic mass is 10.1. The van der Waals surface area contributed by atoms with Gasteiger partial charge in [0.2, 0.25) is 5.91 Å². The largest absolute Gasteiger partial charge is 0.440 e. The van der Waals surface area contributed by atoms with Crippen molar-refractivity contribution >= 4 is 17.8 Å². The molecular weight excluding hydrogens is 315 g/mol. The van der Waals surface area contributed by atoms with Gasteiger partial charge in [0, 0.05) is 13.5 Å². The van der Waals surface area contributed by atoms with Crippen LogP contribution in [0.1, 0.15) is 12.5 Å². The van der Waals surface area contributed by atoms with E-state index in [1.807, 2.05) is 0 Å². The molecule has 23 heavy (non-hydrogen) atoms. The number of amides is 4. The average Bonchev–Trinajstić information content (AvgIpc) is 2.69. The minimum Gasteiger partial charge on any atom is -0.318 e. The van der Waals surface area contributed by atoms with Crippen LogP contribution in [0.2, 0.25) is 0 Å². The molecule has 1 saturated heterocycles. The highest BCUT2D eigenvalue weighted by Gasteiger charge is 2.68. The molecule has 1 aromatic rings. The minimum absolute atomic E-state index is 0.202. The van der Waals surface area contributed by atoms with Crippen molar-refractivity contribution in [1.29, 1.82) is 0 Å². The zero-order chi connectivity index (χ0) is 17.3. The maximum atomic E-state index is 13.3. The monoisotopic (exact) mass is 329 g/mol. The van der Waals surface area contributed by atoms with Gasteiger partial charge in [-0.3, -0.25) is 19.8 Å². The molecular formula is C14H14F3N3O3. The summed E-state index contributed by atoms with van der Waals surface area (Å²) < 4.78 is 39.8. The van der Waals surface area contributed by atoms with E-state index in [4.69, 9.17) is 0 Å². The molecule has 1 aliphatic rings. The predicted molar refractivity (Wildman–Crippen MR) is 73.0 cm³/mol. The Labute approximate surface area is 129 Å². The lowest BCUT2D eigenvalue weighted by Gasteiger charge is -2.29. The molecule has 0 aliphatic carbocycles. The Morgan fingerprint density at radius 2 is 1.87 bits per heavy atom. The summed E-state index contributed by atoms with van der Waals surface area (Å²) in [5, 5.41) is 3.07. The Kier molecular flexibility index (Phi) is 4.31. The summed E-state index contributed by atoms with van der Waals surface area (Å²) in [6.45, 7) is 0.603. The minimum atomic E-state index is -5.16. The van der Waals surface area contributed by atoms with Gasteiger partial charge in [0.05, 0.1) is 0 Å². The van der Waals surface area contributed by atoms with Crippen LogP contribution < -0.4 is 10.6 Å². The van der Waals surface area contributed by atoms with E-state index in [9.17, 15) is 27.6 Å². The lowest BCUT2D eigenvalue weighted by Crippen LogP contribution is -2.69. The summed E-state index contributed by atoms with van der Waals surface area (Å²) in [6.07, 6.45) is -4.96. The van der Waals surface area contributed by atoms with Gasteiger partial charge >= 0.3 is 12.2 Å². The third-order valence-electron chi connectivity index (χ3n) is 3.36. The Hall–Kier alpha value is -2.58. The Bertz CT molecular complexity index is 633. The van der Waals surface area contributed by atoms with Crippen molar-refractivity contribution < 1.29 is 27.6 Å². The molecule has 4 amide bonds. The summed E-state index contributed by atoms with van der Waals surface area (Å²) in [5.74, 6) is -2.62. The molecule has 0 spiro atoms. The van der Waals surface area contributed by atoms with E-state index in [1.54, 1.807) is 35.6 Å². The summed E-state index contributed by atoms with van der Waals surface area (Å²) in [4.78, 5) is 35.5. The number of alkyl halides is 3. The van der Waals surface area contributed by atoms with Crippen molar-refractivity contribution in [2.45, 2.75) is 25.2 Å². The van der Waals surface area contributed by atoms with E-state index in [2.05, 4.69) is 0 Å². The van der Waals surface area contributed by atoms with Crippen molar-refractivity contribution in [3.63, 3.8) is 0 Å². The van der Waals surface area contributed by atoms with Crippen LogP contribution in [0.5, 0.6) is 0 Å². The maximum Gasteiger partial charge on any atom is 0.440 e. The Morgan fingerprint density at radius 3 is 2.39 bits per heavy atom. The van der Waals surface area contributed by atoms with Crippen molar-refractivity contribution in [1.82, 2.24) is 15.5 Å². The predicted octanol–water partition coefficient (Wildman–Crippen LogP) is 1.18. The molecule has 1 aliphatic heterocycles. The van der Waals surface area contributed by atoms with Crippen molar-refractivity contribution in [3.8, 4) is 0 Å². The molecule has 6 nitrogen and oxygen atoms in total. The van der Waals surface area contributed by atoms with Gasteiger partial charge < -0.3 is 5.32 Å². The second kappa shape index (κ2) is 5.90. The molecule has 1 fully saturated rings. The summed E-state index contributed by atoms with van der Waals surface area (Å²) in [7, 11) is 0. The quantitative estimate of drug-likeness (QED) is 0.814. The molecule has 9 heteroatoms. The zero-order valence-corrected chi connectivity index (χ0v) is 12.1. The fourth-order valence-electron chi connectivity index (χ4n) is 2.28. The standard InChI is InChI=1S/C14H14F3N3O3/c1-9(21)18-13(14(15,16)17)11(22)20(12(23)19-13)8-7-10-5-3-2-4-6-10/h2-6H,7-8H2,1H3,(H,18,21)(H,19,23)/t13-/m0/s1. The van der Waals surface area contributed by atoms with Crippen LogP contribution in [-0.2, 0) is 16.0 Å². The summed E-state index contributed by atoms with van der Waals surface area (Å²) in [5.41, 5.74) is -2.65. The third-order valence-corrected chi connectivity index (χ3v) is 3.36. The van der Waals surface area contributed by atoms with Gasteiger partial charge in [-0.2, -0.15) is 13.2 Å². The average molecular weight is 329 g/mol. The molecule has 0 radical (unpaired) electrons. The van der Waals surface area contributed by atoms with Crippen LogP contribution in [-0.4, -0.2) is 41.1 Å². The van der Waals surface area contributed by atoms with Crippen LogP contribution in [0.4, 0.5) is 18.0 Å². The molecule has 0 bridgehead atoms. The van der Waals surface area contributed by atoms with Crippen LogP contribution in [0, 0.1) is 0 Å². The highest BCUT2D eigenvalue weighted by atomic mass is 19.4. The number of urea groups is 1. The fraction of sp³-hybridized carbons (Fsp3) is 0.357. The van der Waals surface area contributed by atoms with Gasteiger partial charge in [-0.15, -0.1) is 0 Å². The van der Waals surface area contributed by atoms with E-state index in [-0.39, 0.29) is 13.0 Å². The van der Waals surface area contributed by atoms with E-state index in [0.29, 0.717) is 4.90 Å². The number of carbonyl (C=O) groups is 3. The van der Waals surface area contributed by atoms with Gasteiger partial charge in [-0.25, -0.2) is 4.79 Å². The second-order valence-electron chi connectivity index (χ2n) is 5.05. The number of nitrogens with one attached hydrogen (secondary N) is 2. The van der Waals surface area contributed by atoms with Crippen LogP contribution in [0.25, 0.3) is 0 Å². The lowest BCUT2D eigenvalue weighted by molar-refractivity contribution is -0.203. The number of halogens is 3. The molecule has 2 rings (SSSR count).